The highest BCUT2D eigenvalue weighted by atomic mass is 127. The van der Waals surface area contributed by atoms with Crippen LogP contribution in [0.25, 0.3) is 0 Å². The summed E-state index contributed by atoms with van der Waals surface area (Å²) in [7, 11) is -1.47. The Hall–Kier alpha value is -0.740. The SMILES string of the molecule is COc1ccc(NC(N)=NCC2CCCS2(=O)=O)cc1Cl.I. The largest absolute Gasteiger partial charge is 0.495 e. The van der Waals surface area contributed by atoms with E-state index < -0.39 is 15.1 Å². The van der Waals surface area contributed by atoms with Crippen LogP contribution in [0.2, 0.25) is 5.02 Å². The first kappa shape index (κ1) is 19.3. The molecule has 1 unspecified atom stereocenters. The molecule has 1 fully saturated rings. The monoisotopic (exact) mass is 459 g/mol. The molecule has 6 nitrogen and oxygen atoms in total. The molecule has 0 aliphatic carbocycles. The van der Waals surface area contributed by atoms with Gasteiger partial charge in [0.25, 0.3) is 0 Å². The van der Waals surface area contributed by atoms with Crippen LogP contribution in [0.5, 0.6) is 5.75 Å². The van der Waals surface area contributed by atoms with Gasteiger partial charge in [-0.15, -0.1) is 24.0 Å². The Bertz CT molecular complexity index is 652. The fourth-order valence-electron chi connectivity index (χ4n) is 2.19. The summed E-state index contributed by atoms with van der Waals surface area (Å²) in [6.45, 7) is 0.186. The lowest BCUT2D eigenvalue weighted by atomic mass is 10.2. The Balaban J connectivity index is 0.00000242. The highest BCUT2D eigenvalue weighted by Gasteiger charge is 2.30. The highest BCUT2D eigenvalue weighted by Crippen LogP contribution is 2.27. The molecule has 1 atom stereocenters. The lowest BCUT2D eigenvalue weighted by molar-refractivity contribution is 0.415. The zero-order valence-electron chi connectivity index (χ0n) is 12.1. The molecule has 1 aliphatic rings. The fourth-order valence-corrected chi connectivity index (χ4v) is 4.18. The van der Waals surface area contributed by atoms with Gasteiger partial charge in [-0.25, -0.2) is 8.42 Å². The van der Waals surface area contributed by atoms with Gasteiger partial charge in [-0.1, -0.05) is 11.6 Å². The lowest BCUT2D eigenvalue weighted by Crippen LogP contribution is -2.26. The van der Waals surface area contributed by atoms with Gasteiger partial charge in [0.1, 0.15) is 5.75 Å². The normalized spacial score (nSPS) is 20.3. The third-order valence-corrected chi connectivity index (χ3v) is 5.91. The summed E-state index contributed by atoms with van der Waals surface area (Å²) in [5.41, 5.74) is 6.43. The standard InChI is InChI=1S/C13H18ClN3O3S.HI/c1-20-12-5-4-9(7-11(12)14)17-13(15)16-8-10-3-2-6-21(10,18)19;/h4-5,7,10H,2-3,6,8H2,1H3,(H3,15,16,17);1H. The molecule has 0 radical (unpaired) electrons. The maximum absolute atomic E-state index is 11.7. The number of benzene rings is 1. The van der Waals surface area contributed by atoms with Crippen molar-refractivity contribution in [3.63, 3.8) is 0 Å². The zero-order chi connectivity index (χ0) is 15.5. The predicted molar refractivity (Wildman–Crippen MR) is 100 cm³/mol. The molecule has 1 aromatic rings. The van der Waals surface area contributed by atoms with Crippen molar-refractivity contribution in [1.82, 2.24) is 0 Å². The van der Waals surface area contributed by atoms with Gasteiger partial charge in [0.05, 0.1) is 29.7 Å². The molecule has 0 spiro atoms. The third-order valence-electron chi connectivity index (χ3n) is 3.35. The molecule has 1 aromatic carbocycles. The second kappa shape index (κ2) is 8.21. The maximum Gasteiger partial charge on any atom is 0.193 e. The van der Waals surface area contributed by atoms with Crippen LogP contribution in [0.3, 0.4) is 0 Å². The number of ether oxygens (including phenoxy) is 1. The average molecular weight is 460 g/mol. The van der Waals surface area contributed by atoms with Gasteiger partial charge < -0.3 is 15.8 Å². The molecular weight excluding hydrogens is 441 g/mol. The molecule has 0 bridgehead atoms. The van der Waals surface area contributed by atoms with E-state index in [-0.39, 0.29) is 42.2 Å². The number of methoxy groups -OCH3 is 1. The van der Waals surface area contributed by atoms with Gasteiger partial charge >= 0.3 is 0 Å². The summed E-state index contributed by atoms with van der Waals surface area (Å²) in [6.07, 6.45) is 1.34. The van der Waals surface area contributed by atoms with Crippen molar-refractivity contribution in [1.29, 1.82) is 0 Å². The predicted octanol–water partition coefficient (Wildman–Crippen LogP) is 2.27. The molecule has 0 amide bonds. The van der Waals surface area contributed by atoms with Crippen molar-refractivity contribution in [2.75, 3.05) is 24.7 Å². The number of aliphatic imine (C=N–C) groups is 1. The van der Waals surface area contributed by atoms with Crippen LogP contribution in [0.1, 0.15) is 12.8 Å². The van der Waals surface area contributed by atoms with E-state index in [0.29, 0.717) is 29.3 Å². The van der Waals surface area contributed by atoms with Crippen molar-refractivity contribution >= 4 is 57.1 Å². The second-order valence-electron chi connectivity index (χ2n) is 4.83. The van der Waals surface area contributed by atoms with Crippen molar-refractivity contribution < 1.29 is 13.2 Å². The summed E-state index contributed by atoms with van der Waals surface area (Å²) in [5.74, 6) is 0.974. The van der Waals surface area contributed by atoms with E-state index in [1.165, 1.54) is 7.11 Å². The van der Waals surface area contributed by atoms with Crippen molar-refractivity contribution in [2.45, 2.75) is 18.1 Å². The van der Waals surface area contributed by atoms with Crippen LogP contribution in [0.4, 0.5) is 5.69 Å². The van der Waals surface area contributed by atoms with Crippen LogP contribution >= 0.6 is 35.6 Å². The molecule has 124 valence electrons. The minimum Gasteiger partial charge on any atom is -0.495 e. The maximum atomic E-state index is 11.7. The number of sulfone groups is 1. The van der Waals surface area contributed by atoms with Gasteiger partial charge in [-0.05, 0) is 31.0 Å². The second-order valence-corrected chi connectivity index (χ2v) is 7.64. The first-order valence-corrected chi connectivity index (χ1v) is 8.64. The lowest BCUT2D eigenvalue weighted by Gasteiger charge is -2.10. The van der Waals surface area contributed by atoms with Gasteiger partial charge in [0.15, 0.2) is 15.8 Å². The first-order valence-electron chi connectivity index (χ1n) is 6.54. The van der Waals surface area contributed by atoms with E-state index >= 15 is 0 Å². The molecule has 3 N–H and O–H groups in total. The topological polar surface area (TPSA) is 93.8 Å². The number of nitrogens with one attached hydrogen (secondary N) is 1. The molecule has 1 saturated heterocycles. The van der Waals surface area contributed by atoms with E-state index in [0.717, 1.165) is 0 Å². The van der Waals surface area contributed by atoms with Gasteiger partial charge in [0.2, 0.25) is 0 Å². The summed E-state index contributed by atoms with van der Waals surface area (Å²) in [5, 5.41) is 2.91. The zero-order valence-corrected chi connectivity index (χ0v) is 16.0. The molecule has 1 heterocycles. The van der Waals surface area contributed by atoms with E-state index in [1.54, 1.807) is 18.2 Å². The molecular formula is C13H19ClIN3O3S. The van der Waals surface area contributed by atoms with Crippen molar-refractivity contribution in [2.24, 2.45) is 10.7 Å². The molecule has 9 heteroatoms. The van der Waals surface area contributed by atoms with Crippen molar-refractivity contribution in [3.8, 4) is 5.75 Å². The highest BCUT2D eigenvalue weighted by molar-refractivity contribution is 14.0. The van der Waals surface area contributed by atoms with Crippen LogP contribution in [0.15, 0.2) is 23.2 Å². The first-order chi connectivity index (χ1) is 9.92. The van der Waals surface area contributed by atoms with Crippen molar-refractivity contribution in [3.05, 3.63) is 23.2 Å². The Morgan fingerprint density at radius 3 is 2.82 bits per heavy atom. The van der Waals surface area contributed by atoms with E-state index in [4.69, 9.17) is 22.1 Å². The Kier molecular flexibility index (Phi) is 7.20. The van der Waals surface area contributed by atoms with Crippen LogP contribution in [-0.4, -0.2) is 39.0 Å². The summed E-state index contributed by atoms with van der Waals surface area (Å²) >= 11 is 6.01. The smallest absolute Gasteiger partial charge is 0.193 e. The Labute approximate surface area is 152 Å². The van der Waals surface area contributed by atoms with Crippen LogP contribution < -0.4 is 15.8 Å². The average Bonchev–Trinajstić information content (AvgIpc) is 2.75. The minimum absolute atomic E-state index is 0. The molecule has 0 saturated carbocycles. The number of nitrogens with two attached hydrogens (primary N) is 1. The van der Waals surface area contributed by atoms with E-state index in [9.17, 15) is 8.42 Å². The number of halogens is 2. The van der Waals surface area contributed by atoms with Gasteiger partial charge in [0, 0.05) is 5.69 Å². The van der Waals surface area contributed by atoms with Gasteiger partial charge in [-0.2, -0.15) is 0 Å². The number of rotatable bonds is 4. The Morgan fingerprint density at radius 1 is 1.55 bits per heavy atom. The summed E-state index contributed by atoms with van der Waals surface area (Å²) in [6, 6.07) is 5.12. The number of anilines is 1. The number of hydrogen-bond acceptors (Lipinski definition) is 4. The van der Waals surface area contributed by atoms with E-state index in [2.05, 4.69) is 10.3 Å². The number of hydrogen-bond donors (Lipinski definition) is 2. The Morgan fingerprint density at radius 2 is 2.27 bits per heavy atom. The molecule has 22 heavy (non-hydrogen) atoms. The molecule has 0 aromatic heterocycles. The summed E-state index contributed by atoms with van der Waals surface area (Å²) in [4.78, 5) is 4.10. The molecule has 1 aliphatic heterocycles. The quantitative estimate of drug-likeness (QED) is 0.409. The van der Waals surface area contributed by atoms with E-state index in [1.807, 2.05) is 0 Å². The van der Waals surface area contributed by atoms with Crippen LogP contribution in [-0.2, 0) is 9.84 Å². The van der Waals surface area contributed by atoms with Gasteiger partial charge in [-0.3, -0.25) is 4.99 Å². The summed E-state index contributed by atoms with van der Waals surface area (Å²) < 4.78 is 28.4. The number of guanidine groups is 1. The van der Waals surface area contributed by atoms with Crippen LogP contribution in [0, 0.1) is 0 Å². The number of nitrogens with zero attached hydrogens (tertiary/aromatic N) is 1. The minimum atomic E-state index is -3.00. The fraction of sp³-hybridized carbons (Fsp3) is 0.462. The third kappa shape index (κ3) is 4.88. The molecule has 2 rings (SSSR count).